The summed E-state index contributed by atoms with van der Waals surface area (Å²) in [5.41, 5.74) is 1.75. The van der Waals surface area contributed by atoms with Gasteiger partial charge in [0, 0.05) is 28.4 Å². The molecular formula is C26H27ClFN3O3. The topological polar surface area (TPSA) is 69.7 Å². The van der Waals surface area contributed by atoms with Gasteiger partial charge in [0.2, 0.25) is 0 Å². The molecule has 178 valence electrons. The summed E-state index contributed by atoms with van der Waals surface area (Å²) in [4.78, 5) is 41.1. The number of carbonyl (C=O) groups is 3. The summed E-state index contributed by atoms with van der Waals surface area (Å²) >= 11 is 5.90. The Labute approximate surface area is 203 Å². The standard InChI is InChI=1S/C26H27ClFN3O3/c1-5-10-30-22-13-21(28)16(11-19(22)15(2)14-26(30,3)4)12-20-23(32)29-25(34)31(24(20)33)18-8-6-17(27)7-9-18/h6-9,11-13,15H,5,10,14H2,1-4H3,(H,29,32,34)/b20-12-. The lowest BCUT2D eigenvalue weighted by Gasteiger charge is -2.47. The van der Waals surface area contributed by atoms with Crippen molar-refractivity contribution in [1.82, 2.24) is 5.32 Å². The van der Waals surface area contributed by atoms with Crippen LogP contribution in [0.4, 0.5) is 20.6 Å². The van der Waals surface area contributed by atoms with Crippen molar-refractivity contribution >= 4 is 46.9 Å². The number of carbonyl (C=O) groups excluding carboxylic acids is 3. The van der Waals surface area contributed by atoms with Gasteiger partial charge in [-0.25, -0.2) is 14.1 Å². The van der Waals surface area contributed by atoms with Crippen molar-refractivity contribution < 1.29 is 18.8 Å². The highest BCUT2D eigenvalue weighted by Gasteiger charge is 2.38. The Morgan fingerprint density at radius 1 is 1.18 bits per heavy atom. The number of hydrogen-bond acceptors (Lipinski definition) is 4. The van der Waals surface area contributed by atoms with Crippen molar-refractivity contribution in [2.45, 2.75) is 52.0 Å². The largest absolute Gasteiger partial charge is 0.366 e. The molecule has 34 heavy (non-hydrogen) atoms. The first-order chi connectivity index (χ1) is 16.0. The monoisotopic (exact) mass is 483 g/mol. The third kappa shape index (κ3) is 4.20. The van der Waals surface area contributed by atoms with Crippen molar-refractivity contribution in [1.29, 1.82) is 0 Å². The Balaban J connectivity index is 1.77. The van der Waals surface area contributed by atoms with Gasteiger partial charge in [-0.2, -0.15) is 0 Å². The fraction of sp³-hybridized carbons (Fsp3) is 0.346. The predicted octanol–water partition coefficient (Wildman–Crippen LogP) is 5.65. The van der Waals surface area contributed by atoms with Crippen LogP contribution in [0.2, 0.25) is 5.02 Å². The quantitative estimate of drug-likeness (QED) is 0.451. The van der Waals surface area contributed by atoms with Crippen LogP contribution in [-0.4, -0.2) is 29.9 Å². The molecule has 0 bridgehead atoms. The summed E-state index contributed by atoms with van der Waals surface area (Å²) in [5.74, 6) is -2.05. The summed E-state index contributed by atoms with van der Waals surface area (Å²) in [6.45, 7) is 9.29. The molecule has 4 amide bonds. The van der Waals surface area contributed by atoms with Crippen LogP contribution in [0.1, 0.15) is 57.6 Å². The van der Waals surface area contributed by atoms with Crippen molar-refractivity contribution in [3.05, 3.63) is 63.9 Å². The molecule has 2 aromatic rings. The Morgan fingerprint density at radius 2 is 1.85 bits per heavy atom. The van der Waals surface area contributed by atoms with E-state index in [1.54, 1.807) is 6.07 Å². The van der Waals surface area contributed by atoms with Crippen LogP contribution >= 0.6 is 11.6 Å². The molecule has 2 heterocycles. The van der Waals surface area contributed by atoms with Crippen LogP contribution in [-0.2, 0) is 9.59 Å². The fourth-order valence-corrected chi connectivity index (χ4v) is 5.04. The second-order valence-corrected chi connectivity index (χ2v) is 9.87. The van der Waals surface area contributed by atoms with E-state index in [-0.39, 0.29) is 28.3 Å². The lowest BCUT2D eigenvalue weighted by Crippen LogP contribution is -2.54. The van der Waals surface area contributed by atoms with Crippen molar-refractivity contribution in [3.63, 3.8) is 0 Å². The minimum Gasteiger partial charge on any atom is -0.366 e. The molecule has 6 nitrogen and oxygen atoms in total. The third-order valence-corrected chi connectivity index (χ3v) is 6.69. The third-order valence-electron chi connectivity index (χ3n) is 6.44. The number of nitrogens with zero attached hydrogens (tertiary/aromatic N) is 2. The highest BCUT2D eigenvalue weighted by molar-refractivity contribution is 6.39. The fourth-order valence-electron chi connectivity index (χ4n) is 4.92. The van der Waals surface area contributed by atoms with Gasteiger partial charge in [-0.3, -0.25) is 14.9 Å². The molecule has 0 spiro atoms. The molecule has 0 aromatic heterocycles. The van der Waals surface area contributed by atoms with E-state index < -0.39 is 23.7 Å². The van der Waals surface area contributed by atoms with Crippen LogP contribution in [0.3, 0.4) is 0 Å². The molecule has 2 aromatic carbocycles. The number of halogens is 2. The second kappa shape index (κ2) is 8.87. The van der Waals surface area contributed by atoms with Crippen molar-refractivity contribution in [3.8, 4) is 0 Å². The van der Waals surface area contributed by atoms with E-state index in [2.05, 4.69) is 37.9 Å². The minimum atomic E-state index is -0.869. The van der Waals surface area contributed by atoms with Gasteiger partial charge in [-0.1, -0.05) is 25.4 Å². The Kier molecular flexibility index (Phi) is 6.25. The zero-order valence-corrected chi connectivity index (χ0v) is 20.4. The van der Waals surface area contributed by atoms with Crippen molar-refractivity contribution in [2.75, 3.05) is 16.3 Å². The first kappa shape index (κ1) is 24.0. The summed E-state index contributed by atoms with van der Waals surface area (Å²) in [6, 6.07) is 8.39. The average molecular weight is 484 g/mol. The summed E-state index contributed by atoms with van der Waals surface area (Å²) < 4.78 is 15.3. The summed E-state index contributed by atoms with van der Waals surface area (Å²) in [5, 5.41) is 2.60. The summed E-state index contributed by atoms with van der Waals surface area (Å²) in [6.07, 6.45) is 3.03. The van der Waals surface area contributed by atoms with Crippen LogP contribution in [0, 0.1) is 5.82 Å². The molecule has 0 radical (unpaired) electrons. The maximum Gasteiger partial charge on any atom is 0.335 e. The molecule has 0 saturated carbocycles. The molecule has 8 heteroatoms. The first-order valence-electron chi connectivity index (χ1n) is 11.3. The lowest BCUT2D eigenvalue weighted by molar-refractivity contribution is -0.122. The number of hydrogen-bond donors (Lipinski definition) is 1. The number of nitrogens with one attached hydrogen (secondary N) is 1. The average Bonchev–Trinajstić information content (AvgIpc) is 2.75. The van der Waals surface area contributed by atoms with Crippen LogP contribution in [0.25, 0.3) is 6.08 Å². The van der Waals surface area contributed by atoms with E-state index in [1.165, 1.54) is 36.4 Å². The zero-order chi connectivity index (χ0) is 24.8. The van der Waals surface area contributed by atoms with E-state index in [4.69, 9.17) is 11.6 Å². The predicted molar refractivity (Wildman–Crippen MR) is 132 cm³/mol. The molecule has 1 unspecified atom stereocenters. The van der Waals surface area contributed by atoms with Crippen LogP contribution in [0.5, 0.6) is 0 Å². The highest BCUT2D eigenvalue weighted by atomic mass is 35.5. The van der Waals surface area contributed by atoms with Gasteiger partial charge in [0.1, 0.15) is 11.4 Å². The number of barbiturate groups is 1. The number of urea groups is 1. The van der Waals surface area contributed by atoms with Crippen LogP contribution in [0.15, 0.2) is 42.0 Å². The molecular weight excluding hydrogens is 457 g/mol. The molecule has 1 N–H and O–H groups in total. The van der Waals surface area contributed by atoms with Gasteiger partial charge in [0.05, 0.1) is 5.69 Å². The molecule has 2 aliphatic rings. The molecule has 1 atom stereocenters. The highest BCUT2D eigenvalue weighted by Crippen LogP contribution is 2.44. The normalized spacial score (nSPS) is 21.1. The second-order valence-electron chi connectivity index (χ2n) is 9.44. The number of fused-ring (bicyclic) bond motifs is 1. The minimum absolute atomic E-state index is 0.118. The zero-order valence-electron chi connectivity index (χ0n) is 19.6. The van der Waals surface area contributed by atoms with Crippen molar-refractivity contribution in [2.24, 2.45) is 0 Å². The van der Waals surface area contributed by atoms with Gasteiger partial charge in [0.15, 0.2) is 0 Å². The summed E-state index contributed by atoms with van der Waals surface area (Å²) in [7, 11) is 0. The Hall–Kier alpha value is -3.19. The molecule has 0 aliphatic carbocycles. The number of rotatable bonds is 4. The number of anilines is 2. The van der Waals surface area contributed by atoms with E-state index >= 15 is 4.39 Å². The van der Waals surface area contributed by atoms with E-state index in [0.29, 0.717) is 5.02 Å². The Morgan fingerprint density at radius 3 is 2.50 bits per heavy atom. The Bertz CT molecular complexity index is 1210. The van der Waals surface area contributed by atoms with Gasteiger partial charge >= 0.3 is 6.03 Å². The van der Waals surface area contributed by atoms with Gasteiger partial charge in [-0.05, 0) is 80.6 Å². The van der Waals surface area contributed by atoms with E-state index in [9.17, 15) is 14.4 Å². The van der Waals surface area contributed by atoms with Gasteiger partial charge < -0.3 is 4.90 Å². The first-order valence-corrected chi connectivity index (χ1v) is 11.7. The molecule has 1 saturated heterocycles. The SMILES string of the molecule is CCCN1c2cc(F)c(/C=C3/C(=O)NC(=O)N(c4ccc(Cl)cc4)C3=O)cc2C(C)CC1(C)C. The number of benzene rings is 2. The molecule has 2 aliphatic heterocycles. The smallest absolute Gasteiger partial charge is 0.335 e. The number of amides is 4. The molecule has 4 rings (SSSR count). The number of imide groups is 2. The van der Waals surface area contributed by atoms with Crippen LogP contribution < -0.4 is 15.1 Å². The van der Waals surface area contributed by atoms with E-state index in [0.717, 1.165) is 35.5 Å². The maximum absolute atomic E-state index is 15.3. The van der Waals surface area contributed by atoms with Gasteiger partial charge in [0.25, 0.3) is 11.8 Å². The van der Waals surface area contributed by atoms with E-state index in [1.807, 2.05) is 0 Å². The maximum atomic E-state index is 15.3. The lowest BCUT2D eigenvalue weighted by atomic mass is 9.79. The van der Waals surface area contributed by atoms with Gasteiger partial charge in [-0.15, -0.1) is 0 Å². The molecule has 1 fully saturated rings.